The normalized spacial score (nSPS) is 11.9. The van der Waals surface area contributed by atoms with Gasteiger partial charge in [-0.15, -0.1) is 0 Å². The van der Waals surface area contributed by atoms with Gasteiger partial charge in [0.25, 0.3) is 0 Å². The average Bonchev–Trinajstić information content (AvgIpc) is 2.17. The molecule has 0 heterocycles. The van der Waals surface area contributed by atoms with Gasteiger partial charge >= 0.3 is 6.18 Å². The van der Waals surface area contributed by atoms with E-state index >= 15 is 0 Å². The third kappa shape index (κ3) is 3.72. The lowest BCUT2D eigenvalue weighted by molar-refractivity contribution is -0.120. The van der Waals surface area contributed by atoms with Gasteiger partial charge in [0.2, 0.25) is 0 Å². The minimum atomic E-state index is -4.25. The first-order chi connectivity index (χ1) is 7.70. The molecule has 6 heteroatoms. The van der Waals surface area contributed by atoms with Gasteiger partial charge in [0.1, 0.15) is 6.54 Å². The molecule has 1 rings (SSSR count). The highest BCUT2D eigenvalue weighted by atomic mass is 19.4. The minimum Gasteiger partial charge on any atom is -0.397 e. The maximum Gasteiger partial charge on any atom is 0.405 e. The Morgan fingerprint density at radius 3 is 2.18 bits per heavy atom. The molecule has 0 aliphatic rings. The van der Waals surface area contributed by atoms with E-state index < -0.39 is 12.7 Å². The molecule has 0 amide bonds. The molecule has 0 saturated heterocycles. The monoisotopic (exact) mass is 247 g/mol. The van der Waals surface area contributed by atoms with Crippen LogP contribution in [0.5, 0.6) is 0 Å². The number of halogens is 3. The Morgan fingerprint density at radius 2 is 1.76 bits per heavy atom. The van der Waals surface area contributed by atoms with E-state index in [1.54, 1.807) is 13.8 Å². The third-order valence-electron chi connectivity index (χ3n) is 2.37. The molecule has 0 spiro atoms. The highest BCUT2D eigenvalue weighted by Crippen LogP contribution is 2.27. The maximum absolute atomic E-state index is 12.4. The third-order valence-corrected chi connectivity index (χ3v) is 2.37. The van der Waals surface area contributed by atoms with E-state index in [0.717, 1.165) is 0 Å². The highest BCUT2D eigenvalue weighted by Gasteiger charge is 2.32. The van der Waals surface area contributed by atoms with Crippen LogP contribution in [-0.2, 0) is 0 Å². The summed E-state index contributed by atoms with van der Waals surface area (Å²) in [7, 11) is 0. The topological polar surface area (TPSA) is 55.3 Å². The van der Waals surface area contributed by atoms with Gasteiger partial charge in [-0.3, -0.25) is 0 Å². The van der Waals surface area contributed by atoms with Crippen LogP contribution in [0, 0.1) is 0 Å². The number of rotatable bonds is 3. The molecule has 1 aromatic carbocycles. The summed E-state index contributed by atoms with van der Waals surface area (Å²) in [6.45, 7) is 2.38. The lowest BCUT2D eigenvalue weighted by atomic mass is 10.2. The molecule has 0 fully saturated rings. The predicted molar refractivity (Wildman–Crippen MR) is 63.8 cm³/mol. The van der Waals surface area contributed by atoms with Gasteiger partial charge in [-0.2, -0.15) is 13.2 Å². The Kier molecular flexibility index (Phi) is 3.75. The summed E-state index contributed by atoms with van der Waals surface area (Å²) in [5.41, 5.74) is 12.2. The average molecular weight is 247 g/mol. The van der Waals surface area contributed by atoms with Crippen LogP contribution < -0.4 is 16.4 Å². The number of hydrogen-bond acceptors (Lipinski definition) is 3. The molecule has 1 aromatic rings. The van der Waals surface area contributed by atoms with Crippen LogP contribution in [0.25, 0.3) is 0 Å². The molecule has 0 atom stereocenters. The number of benzene rings is 1. The van der Waals surface area contributed by atoms with Gasteiger partial charge in [-0.05, 0) is 32.0 Å². The van der Waals surface area contributed by atoms with Gasteiger partial charge in [-0.1, -0.05) is 0 Å². The molecule has 3 nitrogen and oxygen atoms in total. The number of alkyl halides is 3. The Bertz CT molecular complexity index is 388. The van der Waals surface area contributed by atoms with Crippen LogP contribution in [0.1, 0.15) is 13.8 Å². The van der Waals surface area contributed by atoms with Crippen molar-refractivity contribution in [2.75, 3.05) is 22.9 Å². The molecule has 0 unspecified atom stereocenters. The van der Waals surface area contributed by atoms with Crippen molar-refractivity contribution in [2.24, 2.45) is 0 Å². The second-order valence-corrected chi connectivity index (χ2v) is 4.15. The summed E-state index contributed by atoms with van der Waals surface area (Å²) < 4.78 is 37.3. The molecule has 4 N–H and O–H groups in total. The standard InChI is InChI=1S/C11H16F3N3/c1-7(2)17(6-11(12,13)14)8-3-4-9(15)10(16)5-8/h3-5,7H,6,15-16H2,1-2H3. The molecule has 96 valence electrons. The fourth-order valence-corrected chi connectivity index (χ4v) is 1.51. The molecule has 0 radical (unpaired) electrons. The second kappa shape index (κ2) is 4.73. The first kappa shape index (κ1) is 13.5. The van der Waals surface area contributed by atoms with Crippen LogP contribution >= 0.6 is 0 Å². The molecular formula is C11H16F3N3. The van der Waals surface area contributed by atoms with Crippen molar-refractivity contribution in [2.45, 2.75) is 26.1 Å². The number of nitrogens with two attached hydrogens (primary N) is 2. The smallest absolute Gasteiger partial charge is 0.397 e. The maximum atomic E-state index is 12.4. The molecule has 0 saturated carbocycles. The Balaban J connectivity index is 3.02. The first-order valence-electron chi connectivity index (χ1n) is 5.19. The van der Waals surface area contributed by atoms with E-state index in [1.807, 2.05) is 0 Å². The molecule has 0 aliphatic carbocycles. The fourth-order valence-electron chi connectivity index (χ4n) is 1.51. The van der Waals surface area contributed by atoms with Crippen LogP contribution in [-0.4, -0.2) is 18.8 Å². The zero-order chi connectivity index (χ0) is 13.2. The van der Waals surface area contributed by atoms with Crippen molar-refractivity contribution in [3.63, 3.8) is 0 Å². The first-order valence-corrected chi connectivity index (χ1v) is 5.19. The van der Waals surface area contributed by atoms with Crippen LogP contribution in [0.15, 0.2) is 18.2 Å². The van der Waals surface area contributed by atoms with Gasteiger partial charge in [0.05, 0.1) is 11.4 Å². The Hall–Kier alpha value is -1.59. The summed E-state index contributed by atoms with van der Waals surface area (Å²) in [6.07, 6.45) is -4.25. The highest BCUT2D eigenvalue weighted by molar-refractivity contribution is 5.70. The van der Waals surface area contributed by atoms with E-state index in [2.05, 4.69) is 0 Å². The van der Waals surface area contributed by atoms with Gasteiger partial charge in [-0.25, -0.2) is 0 Å². The summed E-state index contributed by atoms with van der Waals surface area (Å²) in [5.74, 6) is 0. The van der Waals surface area contributed by atoms with Crippen LogP contribution in [0.4, 0.5) is 30.2 Å². The van der Waals surface area contributed by atoms with Crippen molar-refractivity contribution in [3.05, 3.63) is 18.2 Å². The quantitative estimate of drug-likeness (QED) is 0.807. The number of anilines is 3. The predicted octanol–water partition coefficient (Wildman–Crippen LogP) is 2.63. The summed E-state index contributed by atoms with van der Waals surface area (Å²) in [5, 5.41) is 0. The zero-order valence-corrected chi connectivity index (χ0v) is 9.75. The van der Waals surface area contributed by atoms with E-state index in [-0.39, 0.29) is 11.7 Å². The Labute approximate surface area is 98.2 Å². The van der Waals surface area contributed by atoms with Crippen molar-refractivity contribution in [1.29, 1.82) is 0 Å². The van der Waals surface area contributed by atoms with Gasteiger partial charge < -0.3 is 16.4 Å². The van der Waals surface area contributed by atoms with E-state index in [1.165, 1.54) is 23.1 Å². The van der Waals surface area contributed by atoms with Crippen molar-refractivity contribution in [1.82, 2.24) is 0 Å². The summed E-state index contributed by atoms with van der Waals surface area (Å²) in [4.78, 5) is 1.23. The molecule has 17 heavy (non-hydrogen) atoms. The number of nitrogens with zero attached hydrogens (tertiary/aromatic N) is 1. The second-order valence-electron chi connectivity index (χ2n) is 4.15. The minimum absolute atomic E-state index is 0.278. The molecule has 0 bridgehead atoms. The van der Waals surface area contributed by atoms with E-state index in [0.29, 0.717) is 11.4 Å². The van der Waals surface area contributed by atoms with Crippen molar-refractivity contribution in [3.8, 4) is 0 Å². The Morgan fingerprint density at radius 1 is 1.18 bits per heavy atom. The molecular weight excluding hydrogens is 231 g/mol. The molecule has 0 aliphatic heterocycles. The van der Waals surface area contributed by atoms with Crippen molar-refractivity contribution < 1.29 is 13.2 Å². The van der Waals surface area contributed by atoms with Crippen LogP contribution in [0.3, 0.4) is 0 Å². The van der Waals surface area contributed by atoms with Gasteiger partial charge in [0.15, 0.2) is 0 Å². The SMILES string of the molecule is CC(C)N(CC(F)(F)F)c1ccc(N)c(N)c1. The van der Waals surface area contributed by atoms with Crippen molar-refractivity contribution >= 4 is 17.1 Å². The summed E-state index contributed by atoms with van der Waals surface area (Å²) in [6, 6.07) is 4.23. The number of nitrogen functional groups attached to an aromatic ring is 2. The van der Waals surface area contributed by atoms with Crippen LogP contribution in [0.2, 0.25) is 0 Å². The largest absolute Gasteiger partial charge is 0.405 e. The summed E-state index contributed by atoms with van der Waals surface area (Å²) >= 11 is 0. The zero-order valence-electron chi connectivity index (χ0n) is 9.75. The fraction of sp³-hybridized carbons (Fsp3) is 0.455. The lowest BCUT2D eigenvalue weighted by Crippen LogP contribution is -2.39. The molecule has 0 aromatic heterocycles. The van der Waals surface area contributed by atoms with E-state index in [4.69, 9.17) is 11.5 Å². The lowest BCUT2D eigenvalue weighted by Gasteiger charge is -2.30. The van der Waals surface area contributed by atoms with E-state index in [9.17, 15) is 13.2 Å². The van der Waals surface area contributed by atoms with Gasteiger partial charge in [0, 0.05) is 11.7 Å². The number of hydrogen-bond donors (Lipinski definition) is 2.